The molecule has 0 bridgehead atoms. The predicted molar refractivity (Wildman–Crippen MR) is 67.0 cm³/mol. The van der Waals surface area contributed by atoms with E-state index < -0.39 is 0 Å². The van der Waals surface area contributed by atoms with Crippen molar-refractivity contribution in [3.63, 3.8) is 0 Å². The summed E-state index contributed by atoms with van der Waals surface area (Å²) >= 11 is 0. The zero-order valence-electron chi connectivity index (χ0n) is 10.0. The summed E-state index contributed by atoms with van der Waals surface area (Å²) in [7, 11) is 0. The minimum Gasteiger partial charge on any atom is -0.354 e. The van der Waals surface area contributed by atoms with Crippen molar-refractivity contribution >= 4 is 24.2 Å². The average molecular weight is 262 g/mol. The van der Waals surface area contributed by atoms with E-state index in [-0.39, 0.29) is 35.7 Å². The molecule has 2 aliphatic heterocycles. The number of carbonyl (C=O) groups is 2. The monoisotopic (exact) mass is 261 g/mol. The molecule has 3 N–H and O–H groups in total. The van der Waals surface area contributed by atoms with Crippen LogP contribution in [-0.2, 0) is 9.59 Å². The molecule has 0 spiro atoms. The van der Waals surface area contributed by atoms with Crippen LogP contribution in [0.5, 0.6) is 0 Å². The summed E-state index contributed by atoms with van der Waals surface area (Å²) in [6, 6.07) is -0.335. The Labute approximate surface area is 108 Å². The summed E-state index contributed by atoms with van der Waals surface area (Å²) in [6.07, 6.45) is 2.53. The Morgan fingerprint density at radius 3 is 2.82 bits per heavy atom. The van der Waals surface area contributed by atoms with Crippen LogP contribution in [0.1, 0.15) is 26.2 Å². The average Bonchev–Trinajstić information content (AvgIpc) is 2.70. The molecule has 2 aliphatic rings. The van der Waals surface area contributed by atoms with Gasteiger partial charge < -0.3 is 16.0 Å². The molecule has 6 heteroatoms. The lowest BCUT2D eigenvalue weighted by Gasteiger charge is -2.28. The third-order valence-corrected chi connectivity index (χ3v) is 3.51. The van der Waals surface area contributed by atoms with Gasteiger partial charge in [-0.1, -0.05) is 0 Å². The Morgan fingerprint density at radius 1 is 1.47 bits per heavy atom. The van der Waals surface area contributed by atoms with Gasteiger partial charge in [0.2, 0.25) is 11.8 Å². The molecule has 0 saturated carbocycles. The molecule has 2 unspecified atom stereocenters. The molecule has 0 radical (unpaired) electrons. The summed E-state index contributed by atoms with van der Waals surface area (Å²) in [5.74, 6) is -0.0475. The van der Waals surface area contributed by atoms with E-state index in [1.165, 1.54) is 0 Å². The van der Waals surface area contributed by atoms with Crippen molar-refractivity contribution < 1.29 is 9.59 Å². The smallest absolute Gasteiger partial charge is 0.242 e. The van der Waals surface area contributed by atoms with E-state index in [0.717, 1.165) is 32.4 Å². The second kappa shape index (κ2) is 5.69. The molecule has 0 aliphatic carbocycles. The first-order valence-electron chi connectivity index (χ1n) is 5.91. The Bertz CT molecular complexity index is 303. The van der Waals surface area contributed by atoms with Crippen LogP contribution in [0.2, 0.25) is 0 Å². The summed E-state index contributed by atoms with van der Waals surface area (Å²) < 4.78 is 0. The Hall–Kier alpha value is -0.810. The second-order valence-electron chi connectivity index (χ2n) is 4.95. The quantitative estimate of drug-likeness (QED) is 0.645. The van der Waals surface area contributed by atoms with Gasteiger partial charge >= 0.3 is 0 Å². The first kappa shape index (κ1) is 14.3. The lowest BCUT2D eigenvalue weighted by atomic mass is 9.88. The first-order valence-corrected chi connectivity index (χ1v) is 5.91. The molecule has 5 nitrogen and oxygen atoms in total. The van der Waals surface area contributed by atoms with E-state index in [1.807, 2.05) is 6.92 Å². The maximum Gasteiger partial charge on any atom is 0.242 e. The molecular weight excluding hydrogens is 242 g/mol. The van der Waals surface area contributed by atoms with Gasteiger partial charge in [0, 0.05) is 13.1 Å². The Kier molecular flexibility index (Phi) is 4.77. The molecule has 98 valence electrons. The van der Waals surface area contributed by atoms with Crippen LogP contribution >= 0.6 is 12.4 Å². The van der Waals surface area contributed by atoms with E-state index in [9.17, 15) is 9.59 Å². The van der Waals surface area contributed by atoms with Gasteiger partial charge in [-0.05, 0) is 32.7 Å². The number of hydrogen-bond acceptors (Lipinski definition) is 3. The van der Waals surface area contributed by atoms with Gasteiger partial charge in [-0.15, -0.1) is 12.4 Å². The van der Waals surface area contributed by atoms with Crippen molar-refractivity contribution in [1.29, 1.82) is 0 Å². The Morgan fingerprint density at radius 2 is 2.24 bits per heavy atom. The molecule has 0 aromatic rings. The molecule has 2 saturated heterocycles. The van der Waals surface area contributed by atoms with Crippen LogP contribution in [0, 0.1) is 5.41 Å². The lowest BCUT2D eigenvalue weighted by molar-refractivity contribution is -0.134. The van der Waals surface area contributed by atoms with Crippen LogP contribution in [0.4, 0.5) is 0 Å². The third-order valence-electron chi connectivity index (χ3n) is 3.51. The fraction of sp³-hybridized carbons (Fsp3) is 0.818. The van der Waals surface area contributed by atoms with Crippen LogP contribution in [-0.4, -0.2) is 37.5 Å². The number of halogens is 1. The van der Waals surface area contributed by atoms with Crippen LogP contribution in [0.25, 0.3) is 0 Å². The molecular formula is C11H20ClN3O2. The lowest BCUT2D eigenvalue weighted by Crippen LogP contribution is -2.53. The first-order chi connectivity index (χ1) is 7.62. The van der Waals surface area contributed by atoms with Gasteiger partial charge in [0.1, 0.15) is 6.04 Å². The zero-order chi connectivity index (χ0) is 11.6. The van der Waals surface area contributed by atoms with Crippen molar-refractivity contribution in [2.24, 2.45) is 5.41 Å². The SMILES string of the molecule is CC1(C(=O)NC2CCCNC2=O)CCNC1.Cl. The summed E-state index contributed by atoms with van der Waals surface area (Å²) in [4.78, 5) is 23.6. The van der Waals surface area contributed by atoms with E-state index in [2.05, 4.69) is 16.0 Å². The van der Waals surface area contributed by atoms with Crippen molar-refractivity contribution in [2.75, 3.05) is 19.6 Å². The fourth-order valence-electron chi connectivity index (χ4n) is 2.25. The number of nitrogens with one attached hydrogen (secondary N) is 3. The standard InChI is InChI=1S/C11H19N3O2.ClH/c1-11(4-6-12-7-11)10(16)14-8-3-2-5-13-9(8)15;/h8,12H,2-7H2,1H3,(H,13,15)(H,14,16);1H. The molecule has 2 amide bonds. The van der Waals surface area contributed by atoms with Gasteiger partial charge in [-0.25, -0.2) is 0 Å². The topological polar surface area (TPSA) is 70.2 Å². The largest absolute Gasteiger partial charge is 0.354 e. The molecule has 17 heavy (non-hydrogen) atoms. The minimum absolute atomic E-state index is 0. The van der Waals surface area contributed by atoms with Gasteiger partial charge in [0.05, 0.1) is 5.41 Å². The van der Waals surface area contributed by atoms with Gasteiger partial charge in [-0.3, -0.25) is 9.59 Å². The number of piperidine rings is 1. The molecule has 0 aromatic carbocycles. The van der Waals surface area contributed by atoms with Crippen molar-refractivity contribution in [2.45, 2.75) is 32.2 Å². The summed E-state index contributed by atoms with van der Waals surface area (Å²) in [6.45, 7) is 4.25. The molecule has 2 rings (SSSR count). The fourth-order valence-corrected chi connectivity index (χ4v) is 2.25. The maximum atomic E-state index is 12.0. The highest BCUT2D eigenvalue weighted by Crippen LogP contribution is 2.24. The maximum absolute atomic E-state index is 12.0. The predicted octanol–water partition coefficient (Wildman–Crippen LogP) is -0.197. The highest BCUT2D eigenvalue weighted by molar-refractivity contribution is 5.90. The molecule has 2 fully saturated rings. The number of rotatable bonds is 2. The third kappa shape index (κ3) is 3.10. The highest BCUT2D eigenvalue weighted by atomic mass is 35.5. The van der Waals surface area contributed by atoms with Crippen LogP contribution in [0.3, 0.4) is 0 Å². The van der Waals surface area contributed by atoms with Crippen molar-refractivity contribution in [3.05, 3.63) is 0 Å². The van der Waals surface area contributed by atoms with Gasteiger partial charge in [0.25, 0.3) is 0 Å². The Balaban J connectivity index is 0.00000144. The van der Waals surface area contributed by atoms with Crippen LogP contribution < -0.4 is 16.0 Å². The van der Waals surface area contributed by atoms with Crippen molar-refractivity contribution in [1.82, 2.24) is 16.0 Å². The van der Waals surface area contributed by atoms with E-state index in [0.29, 0.717) is 6.54 Å². The second-order valence-corrected chi connectivity index (χ2v) is 4.95. The molecule has 2 atom stereocenters. The van der Waals surface area contributed by atoms with Gasteiger partial charge in [0.15, 0.2) is 0 Å². The minimum atomic E-state index is -0.349. The molecule has 0 aromatic heterocycles. The van der Waals surface area contributed by atoms with E-state index in [4.69, 9.17) is 0 Å². The summed E-state index contributed by atoms with van der Waals surface area (Å²) in [5.41, 5.74) is -0.349. The highest BCUT2D eigenvalue weighted by Gasteiger charge is 2.38. The van der Waals surface area contributed by atoms with Crippen LogP contribution in [0.15, 0.2) is 0 Å². The zero-order valence-corrected chi connectivity index (χ0v) is 10.9. The van der Waals surface area contributed by atoms with Crippen molar-refractivity contribution in [3.8, 4) is 0 Å². The number of carbonyl (C=O) groups excluding carboxylic acids is 2. The summed E-state index contributed by atoms with van der Waals surface area (Å²) in [5, 5.41) is 8.81. The normalized spacial score (nSPS) is 32.5. The number of hydrogen-bond donors (Lipinski definition) is 3. The number of amides is 2. The van der Waals surface area contributed by atoms with E-state index in [1.54, 1.807) is 0 Å². The van der Waals surface area contributed by atoms with Gasteiger partial charge in [-0.2, -0.15) is 0 Å². The van der Waals surface area contributed by atoms with E-state index >= 15 is 0 Å². The molecule has 2 heterocycles.